The van der Waals surface area contributed by atoms with Crippen molar-refractivity contribution < 1.29 is 13.5 Å². The zero-order valence-corrected chi connectivity index (χ0v) is 12.9. The molecule has 0 unspecified atom stereocenters. The number of anilines is 1. The fraction of sp³-hybridized carbons (Fsp3) is 0.143. The van der Waals surface area contributed by atoms with Crippen molar-refractivity contribution in [3.63, 3.8) is 0 Å². The van der Waals surface area contributed by atoms with Gasteiger partial charge in [-0.3, -0.25) is 0 Å². The molecule has 0 bridgehead atoms. The number of sulfonamides is 1. The van der Waals surface area contributed by atoms with Crippen LogP contribution in [0.4, 0.5) is 5.69 Å². The van der Waals surface area contributed by atoms with Crippen molar-refractivity contribution in [3.8, 4) is 5.75 Å². The lowest BCUT2D eigenvalue weighted by Gasteiger charge is -2.13. The van der Waals surface area contributed by atoms with E-state index in [-0.39, 0.29) is 17.2 Å². The topological polar surface area (TPSA) is 78.4 Å². The molecule has 21 heavy (non-hydrogen) atoms. The summed E-state index contributed by atoms with van der Waals surface area (Å²) in [4.78, 5) is 0.138. The maximum atomic E-state index is 11.9. The van der Waals surface area contributed by atoms with Crippen molar-refractivity contribution in [1.29, 1.82) is 0 Å². The normalized spacial score (nSPS) is 11.3. The van der Waals surface area contributed by atoms with Crippen LogP contribution in [0.1, 0.15) is 5.56 Å². The summed E-state index contributed by atoms with van der Waals surface area (Å²) in [7, 11) is -2.21. The van der Waals surface area contributed by atoms with E-state index in [0.717, 1.165) is 0 Å². The molecule has 5 nitrogen and oxygen atoms in total. The van der Waals surface area contributed by atoms with Crippen LogP contribution in [-0.4, -0.2) is 20.6 Å². The van der Waals surface area contributed by atoms with E-state index in [1.165, 1.54) is 19.2 Å². The third-order valence-electron chi connectivity index (χ3n) is 3.00. The van der Waals surface area contributed by atoms with Crippen LogP contribution in [0.2, 0.25) is 5.02 Å². The minimum Gasteiger partial charge on any atom is -0.508 e. The molecule has 2 rings (SSSR count). The van der Waals surface area contributed by atoms with Crippen LogP contribution in [0.5, 0.6) is 5.75 Å². The molecule has 7 heteroatoms. The summed E-state index contributed by atoms with van der Waals surface area (Å²) in [6.07, 6.45) is 0. The first-order valence-electron chi connectivity index (χ1n) is 6.18. The predicted molar refractivity (Wildman–Crippen MR) is 83.1 cm³/mol. The van der Waals surface area contributed by atoms with Gasteiger partial charge in [-0.15, -0.1) is 0 Å². The monoisotopic (exact) mass is 326 g/mol. The minimum absolute atomic E-state index is 0.0592. The van der Waals surface area contributed by atoms with Gasteiger partial charge < -0.3 is 10.4 Å². The molecule has 0 saturated carbocycles. The van der Waals surface area contributed by atoms with Gasteiger partial charge in [-0.05, 0) is 31.3 Å². The second-order valence-electron chi connectivity index (χ2n) is 4.29. The highest BCUT2D eigenvalue weighted by molar-refractivity contribution is 7.89. The smallest absolute Gasteiger partial charge is 0.242 e. The molecule has 0 aliphatic heterocycles. The van der Waals surface area contributed by atoms with E-state index >= 15 is 0 Å². The molecular formula is C14H15ClN2O3S. The Morgan fingerprint density at radius 3 is 2.52 bits per heavy atom. The Bertz CT molecular complexity index is 727. The van der Waals surface area contributed by atoms with E-state index in [2.05, 4.69) is 10.0 Å². The number of rotatable bonds is 5. The molecule has 2 aromatic rings. The molecule has 0 spiro atoms. The standard InChI is InChI=1S/C14H15ClN2O3S/c1-16-21(19,20)14-8-3-2-6-12(14)17-9-10-11(15)5-4-7-13(10)18/h2-8,16-18H,9H2,1H3. The first kappa shape index (κ1) is 15.6. The Hall–Kier alpha value is -1.76. The van der Waals surface area contributed by atoms with Crippen molar-refractivity contribution in [3.05, 3.63) is 53.1 Å². The second kappa shape index (κ2) is 6.34. The van der Waals surface area contributed by atoms with Gasteiger partial charge >= 0.3 is 0 Å². The number of phenols is 1. The lowest BCUT2D eigenvalue weighted by atomic mass is 10.2. The van der Waals surface area contributed by atoms with Crippen LogP contribution in [0.3, 0.4) is 0 Å². The predicted octanol–water partition coefficient (Wildman–Crippen LogP) is 2.57. The van der Waals surface area contributed by atoms with E-state index in [1.54, 1.807) is 30.3 Å². The zero-order chi connectivity index (χ0) is 15.5. The summed E-state index contributed by atoms with van der Waals surface area (Å²) in [5, 5.41) is 13.2. The Balaban J connectivity index is 2.30. The molecule has 0 aliphatic carbocycles. The molecule has 0 aliphatic rings. The van der Waals surface area contributed by atoms with Crippen molar-refractivity contribution in [2.45, 2.75) is 11.4 Å². The minimum atomic E-state index is -3.56. The number of hydrogen-bond acceptors (Lipinski definition) is 4. The number of aromatic hydroxyl groups is 1. The first-order valence-corrected chi connectivity index (χ1v) is 8.04. The van der Waals surface area contributed by atoms with E-state index in [0.29, 0.717) is 16.3 Å². The second-order valence-corrected chi connectivity index (χ2v) is 6.56. The average molecular weight is 327 g/mol. The summed E-state index contributed by atoms with van der Waals surface area (Å²) in [6.45, 7) is 0.210. The summed E-state index contributed by atoms with van der Waals surface area (Å²) < 4.78 is 26.2. The van der Waals surface area contributed by atoms with Crippen LogP contribution >= 0.6 is 11.6 Å². The molecule has 0 aromatic heterocycles. The van der Waals surface area contributed by atoms with Gasteiger partial charge in [-0.25, -0.2) is 13.1 Å². The molecule has 0 saturated heterocycles. The quantitative estimate of drug-likeness (QED) is 0.789. The number of benzene rings is 2. The third kappa shape index (κ3) is 3.47. The first-order chi connectivity index (χ1) is 9.95. The Morgan fingerprint density at radius 2 is 1.86 bits per heavy atom. The molecule has 112 valence electrons. The molecule has 0 radical (unpaired) electrons. The Kier molecular flexibility index (Phi) is 4.72. The van der Waals surface area contributed by atoms with E-state index in [1.807, 2.05) is 0 Å². The fourth-order valence-corrected chi connectivity index (χ4v) is 3.01. The molecule has 0 amide bonds. The maximum absolute atomic E-state index is 11.9. The van der Waals surface area contributed by atoms with Gasteiger partial charge in [0.25, 0.3) is 0 Å². The number of hydrogen-bond donors (Lipinski definition) is 3. The molecular weight excluding hydrogens is 312 g/mol. The molecule has 0 atom stereocenters. The Labute approximate surface area is 128 Å². The number of phenolic OH excluding ortho intramolecular Hbond substituents is 1. The molecule has 2 aromatic carbocycles. The highest BCUT2D eigenvalue weighted by atomic mass is 35.5. The van der Waals surface area contributed by atoms with Crippen LogP contribution in [0.25, 0.3) is 0 Å². The van der Waals surface area contributed by atoms with Gasteiger partial charge in [-0.2, -0.15) is 0 Å². The van der Waals surface area contributed by atoms with Gasteiger partial charge in [0.2, 0.25) is 10.0 Å². The SMILES string of the molecule is CNS(=O)(=O)c1ccccc1NCc1c(O)cccc1Cl. The van der Waals surface area contributed by atoms with Gasteiger partial charge in [0, 0.05) is 17.1 Å². The lowest BCUT2D eigenvalue weighted by Crippen LogP contribution is -2.20. The zero-order valence-electron chi connectivity index (χ0n) is 11.3. The van der Waals surface area contributed by atoms with E-state index in [9.17, 15) is 13.5 Å². The van der Waals surface area contributed by atoms with Crippen molar-refractivity contribution in [2.24, 2.45) is 0 Å². The third-order valence-corrected chi connectivity index (χ3v) is 4.82. The van der Waals surface area contributed by atoms with Crippen LogP contribution in [-0.2, 0) is 16.6 Å². The average Bonchev–Trinajstić information content (AvgIpc) is 2.47. The molecule has 3 N–H and O–H groups in total. The number of nitrogens with one attached hydrogen (secondary N) is 2. The summed E-state index contributed by atoms with van der Waals surface area (Å²) >= 11 is 6.02. The van der Waals surface area contributed by atoms with Gasteiger partial charge in [0.15, 0.2) is 0 Å². The highest BCUT2D eigenvalue weighted by Gasteiger charge is 2.16. The lowest BCUT2D eigenvalue weighted by molar-refractivity contribution is 0.469. The highest BCUT2D eigenvalue weighted by Crippen LogP contribution is 2.27. The van der Waals surface area contributed by atoms with Crippen LogP contribution in [0.15, 0.2) is 47.4 Å². The van der Waals surface area contributed by atoms with Gasteiger partial charge in [-0.1, -0.05) is 29.8 Å². The van der Waals surface area contributed by atoms with Crippen molar-refractivity contribution in [2.75, 3.05) is 12.4 Å². The molecule has 0 fully saturated rings. The van der Waals surface area contributed by atoms with Gasteiger partial charge in [0.05, 0.1) is 5.69 Å². The summed E-state index contributed by atoms with van der Waals surface area (Å²) in [5.41, 5.74) is 0.946. The van der Waals surface area contributed by atoms with Gasteiger partial charge in [0.1, 0.15) is 10.6 Å². The van der Waals surface area contributed by atoms with E-state index in [4.69, 9.17) is 11.6 Å². The largest absolute Gasteiger partial charge is 0.508 e. The maximum Gasteiger partial charge on any atom is 0.242 e. The number of halogens is 1. The van der Waals surface area contributed by atoms with Crippen LogP contribution in [0, 0.1) is 0 Å². The van der Waals surface area contributed by atoms with E-state index < -0.39 is 10.0 Å². The van der Waals surface area contributed by atoms with Crippen LogP contribution < -0.4 is 10.0 Å². The summed E-state index contributed by atoms with van der Waals surface area (Å²) in [6, 6.07) is 11.3. The summed E-state index contributed by atoms with van der Waals surface area (Å²) in [5.74, 6) is 0.0592. The van der Waals surface area contributed by atoms with Crippen molar-refractivity contribution >= 4 is 27.3 Å². The molecule has 0 heterocycles. The fourth-order valence-electron chi connectivity index (χ4n) is 1.86. The Morgan fingerprint density at radius 1 is 1.14 bits per heavy atom. The number of para-hydroxylation sites is 1. The van der Waals surface area contributed by atoms with Crippen molar-refractivity contribution in [1.82, 2.24) is 4.72 Å².